The topological polar surface area (TPSA) is 23.5 Å². The maximum absolute atomic E-state index is 13.0. The maximum atomic E-state index is 13.0. The quantitative estimate of drug-likeness (QED) is 0.903. The fraction of sp³-hybridized carbons (Fsp3) is 0.600. The van der Waals surface area contributed by atoms with E-state index in [2.05, 4.69) is 0 Å². The second-order valence-electron chi connectivity index (χ2n) is 5.92. The standard InChI is InChI=1S/C15H18F3NO/c16-15(17,18)13-4-2-1-3-11(13)8-19-7-10-5-6-14(20)12(10)9-19/h1-4,10,12,14,20H,5-9H2. The van der Waals surface area contributed by atoms with Gasteiger partial charge in [-0.1, -0.05) is 18.2 Å². The minimum absolute atomic E-state index is 0.244. The summed E-state index contributed by atoms with van der Waals surface area (Å²) in [6.45, 7) is 1.82. The van der Waals surface area contributed by atoms with E-state index in [9.17, 15) is 18.3 Å². The van der Waals surface area contributed by atoms with Gasteiger partial charge >= 0.3 is 6.18 Å². The monoisotopic (exact) mass is 285 g/mol. The SMILES string of the molecule is OC1CCC2CN(Cc3ccccc3C(F)(F)F)CC12. The first-order chi connectivity index (χ1) is 9.45. The molecule has 1 saturated carbocycles. The number of likely N-dealkylation sites (tertiary alicyclic amines) is 1. The lowest BCUT2D eigenvalue weighted by molar-refractivity contribution is -0.138. The largest absolute Gasteiger partial charge is 0.416 e. The molecule has 0 amide bonds. The van der Waals surface area contributed by atoms with Gasteiger partial charge in [0.15, 0.2) is 0 Å². The molecule has 3 atom stereocenters. The zero-order chi connectivity index (χ0) is 14.3. The van der Waals surface area contributed by atoms with E-state index in [0.29, 0.717) is 24.6 Å². The molecule has 2 fully saturated rings. The first-order valence-electron chi connectivity index (χ1n) is 7.00. The molecular formula is C15H18F3NO. The summed E-state index contributed by atoms with van der Waals surface area (Å²) in [6.07, 6.45) is -2.75. The summed E-state index contributed by atoms with van der Waals surface area (Å²) in [5.74, 6) is 0.691. The Morgan fingerprint density at radius 3 is 2.60 bits per heavy atom. The fourth-order valence-corrected chi connectivity index (χ4v) is 3.63. The molecule has 1 N–H and O–H groups in total. The average molecular weight is 285 g/mol. The van der Waals surface area contributed by atoms with Gasteiger partial charge in [-0.3, -0.25) is 4.90 Å². The highest BCUT2D eigenvalue weighted by atomic mass is 19.4. The lowest BCUT2D eigenvalue weighted by Gasteiger charge is -2.20. The van der Waals surface area contributed by atoms with E-state index in [0.717, 1.165) is 25.5 Å². The summed E-state index contributed by atoms with van der Waals surface area (Å²) < 4.78 is 38.9. The molecule has 2 aliphatic rings. The van der Waals surface area contributed by atoms with Crippen LogP contribution in [0.4, 0.5) is 13.2 Å². The highest BCUT2D eigenvalue weighted by molar-refractivity contribution is 5.29. The third kappa shape index (κ3) is 2.56. The van der Waals surface area contributed by atoms with Crippen LogP contribution in [0.2, 0.25) is 0 Å². The van der Waals surface area contributed by atoms with Crippen LogP contribution in [0, 0.1) is 11.8 Å². The molecule has 1 heterocycles. The highest BCUT2D eigenvalue weighted by Crippen LogP contribution is 2.39. The molecule has 1 aromatic carbocycles. The van der Waals surface area contributed by atoms with E-state index < -0.39 is 11.7 Å². The van der Waals surface area contributed by atoms with Crippen LogP contribution in [0.3, 0.4) is 0 Å². The molecule has 3 unspecified atom stereocenters. The molecule has 0 bridgehead atoms. The third-order valence-corrected chi connectivity index (χ3v) is 4.61. The van der Waals surface area contributed by atoms with Crippen LogP contribution in [-0.2, 0) is 12.7 Å². The lowest BCUT2D eigenvalue weighted by Crippen LogP contribution is -2.25. The normalized spacial score (nSPS) is 30.7. The van der Waals surface area contributed by atoms with Crippen LogP contribution in [0.15, 0.2) is 24.3 Å². The van der Waals surface area contributed by atoms with Gasteiger partial charge in [0.2, 0.25) is 0 Å². The van der Waals surface area contributed by atoms with Crippen molar-refractivity contribution in [3.8, 4) is 0 Å². The van der Waals surface area contributed by atoms with Crippen LogP contribution in [0.5, 0.6) is 0 Å². The second kappa shape index (κ2) is 5.04. The number of hydrogen-bond acceptors (Lipinski definition) is 2. The Hall–Kier alpha value is -1.07. The zero-order valence-corrected chi connectivity index (χ0v) is 11.1. The van der Waals surface area contributed by atoms with Crippen LogP contribution in [-0.4, -0.2) is 29.2 Å². The van der Waals surface area contributed by atoms with Crippen molar-refractivity contribution in [2.24, 2.45) is 11.8 Å². The van der Waals surface area contributed by atoms with Crippen molar-refractivity contribution in [1.29, 1.82) is 0 Å². The van der Waals surface area contributed by atoms with Crippen LogP contribution < -0.4 is 0 Å². The Morgan fingerprint density at radius 2 is 1.90 bits per heavy atom. The number of benzene rings is 1. The van der Waals surface area contributed by atoms with E-state index in [1.54, 1.807) is 12.1 Å². The lowest BCUT2D eigenvalue weighted by atomic mass is 10.00. The molecule has 20 heavy (non-hydrogen) atoms. The second-order valence-corrected chi connectivity index (χ2v) is 5.92. The summed E-state index contributed by atoms with van der Waals surface area (Å²) in [7, 11) is 0. The molecule has 0 spiro atoms. The number of halogens is 3. The van der Waals surface area contributed by atoms with E-state index >= 15 is 0 Å². The number of aliphatic hydroxyl groups is 1. The van der Waals surface area contributed by atoms with Crippen molar-refractivity contribution in [3.63, 3.8) is 0 Å². The van der Waals surface area contributed by atoms with E-state index in [-0.39, 0.29) is 12.0 Å². The van der Waals surface area contributed by atoms with Crippen molar-refractivity contribution in [2.45, 2.75) is 31.7 Å². The Kier molecular flexibility index (Phi) is 3.50. The van der Waals surface area contributed by atoms with Crippen LogP contribution in [0.1, 0.15) is 24.0 Å². The van der Waals surface area contributed by atoms with Crippen molar-refractivity contribution in [3.05, 3.63) is 35.4 Å². The van der Waals surface area contributed by atoms with Gasteiger partial charge in [0, 0.05) is 25.6 Å². The summed E-state index contributed by atoms with van der Waals surface area (Å²) >= 11 is 0. The summed E-state index contributed by atoms with van der Waals surface area (Å²) in [5, 5.41) is 9.86. The molecule has 0 radical (unpaired) electrons. The molecule has 2 nitrogen and oxygen atoms in total. The maximum Gasteiger partial charge on any atom is 0.416 e. The molecule has 1 aliphatic heterocycles. The number of aliphatic hydroxyl groups excluding tert-OH is 1. The van der Waals surface area contributed by atoms with Crippen molar-refractivity contribution < 1.29 is 18.3 Å². The number of hydrogen-bond donors (Lipinski definition) is 1. The fourth-order valence-electron chi connectivity index (χ4n) is 3.63. The molecular weight excluding hydrogens is 267 g/mol. The van der Waals surface area contributed by atoms with Crippen molar-refractivity contribution in [2.75, 3.05) is 13.1 Å². The summed E-state index contributed by atoms with van der Waals surface area (Å²) in [5.41, 5.74) is -0.216. The molecule has 0 aromatic heterocycles. The van der Waals surface area contributed by atoms with E-state index in [1.165, 1.54) is 6.07 Å². The van der Waals surface area contributed by atoms with Gasteiger partial charge in [0.25, 0.3) is 0 Å². The van der Waals surface area contributed by atoms with Crippen molar-refractivity contribution >= 4 is 0 Å². The minimum Gasteiger partial charge on any atom is -0.393 e. The number of rotatable bonds is 2. The zero-order valence-electron chi connectivity index (χ0n) is 11.1. The third-order valence-electron chi connectivity index (χ3n) is 4.61. The van der Waals surface area contributed by atoms with E-state index in [4.69, 9.17) is 0 Å². The van der Waals surface area contributed by atoms with Gasteiger partial charge in [-0.25, -0.2) is 0 Å². The summed E-state index contributed by atoms with van der Waals surface area (Å²) in [6, 6.07) is 5.76. The highest BCUT2D eigenvalue weighted by Gasteiger charge is 2.42. The van der Waals surface area contributed by atoms with Gasteiger partial charge in [-0.2, -0.15) is 13.2 Å². The van der Waals surface area contributed by atoms with Crippen LogP contribution >= 0.6 is 0 Å². The minimum atomic E-state index is -4.30. The molecule has 1 aromatic rings. The Balaban J connectivity index is 1.74. The number of alkyl halides is 3. The molecule has 5 heteroatoms. The average Bonchev–Trinajstić information content (AvgIpc) is 2.91. The smallest absolute Gasteiger partial charge is 0.393 e. The Morgan fingerprint density at radius 1 is 1.15 bits per heavy atom. The Labute approximate surface area is 116 Å². The molecule has 110 valence electrons. The van der Waals surface area contributed by atoms with Gasteiger partial charge < -0.3 is 5.11 Å². The number of fused-ring (bicyclic) bond motifs is 1. The predicted octanol–water partition coefficient (Wildman–Crippen LogP) is 2.91. The van der Waals surface area contributed by atoms with Crippen molar-refractivity contribution in [1.82, 2.24) is 4.90 Å². The van der Waals surface area contributed by atoms with Gasteiger partial charge in [-0.15, -0.1) is 0 Å². The van der Waals surface area contributed by atoms with Gasteiger partial charge in [-0.05, 0) is 30.4 Å². The molecule has 1 saturated heterocycles. The molecule has 1 aliphatic carbocycles. The van der Waals surface area contributed by atoms with Crippen LogP contribution in [0.25, 0.3) is 0 Å². The van der Waals surface area contributed by atoms with Gasteiger partial charge in [0.1, 0.15) is 0 Å². The summed E-state index contributed by atoms with van der Waals surface area (Å²) in [4.78, 5) is 2.04. The Bertz CT molecular complexity index is 488. The predicted molar refractivity (Wildman–Crippen MR) is 68.9 cm³/mol. The first kappa shape index (κ1) is 13.9. The van der Waals surface area contributed by atoms with Gasteiger partial charge in [0.05, 0.1) is 11.7 Å². The number of nitrogens with zero attached hydrogens (tertiary/aromatic N) is 1. The van der Waals surface area contributed by atoms with E-state index in [1.807, 2.05) is 4.90 Å². The first-order valence-corrected chi connectivity index (χ1v) is 7.00. The molecule has 3 rings (SSSR count).